The van der Waals surface area contributed by atoms with E-state index in [0.29, 0.717) is 11.7 Å². The zero-order valence-corrected chi connectivity index (χ0v) is 10.3. The second-order valence-corrected chi connectivity index (χ2v) is 4.20. The summed E-state index contributed by atoms with van der Waals surface area (Å²) in [6, 6.07) is -0.380. The topological polar surface area (TPSA) is 110 Å². The van der Waals surface area contributed by atoms with Crippen LogP contribution in [0.25, 0.3) is 0 Å². The second-order valence-electron chi connectivity index (χ2n) is 4.20. The van der Waals surface area contributed by atoms with Gasteiger partial charge in [0.15, 0.2) is 11.5 Å². The number of hydrogen-bond donors (Lipinski definition) is 2. The van der Waals surface area contributed by atoms with E-state index >= 15 is 0 Å². The van der Waals surface area contributed by atoms with Crippen LogP contribution in [0.1, 0.15) is 54.9 Å². The van der Waals surface area contributed by atoms with E-state index in [1.165, 1.54) is 6.20 Å². The summed E-state index contributed by atoms with van der Waals surface area (Å²) in [4.78, 5) is 15.9. The van der Waals surface area contributed by atoms with Gasteiger partial charge in [0.2, 0.25) is 5.89 Å². The maximum absolute atomic E-state index is 11.7. The van der Waals surface area contributed by atoms with Gasteiger partial charge in [-0.1, -0.05) is 19.0 Å². The molecule has 0 radical (unpaired) electrons. The molecule has 0 aliphatic heterocycles. The molecule has 18 heavy (non-hydrogen) atoms. The number of carbonyl (C=O) groups excluding carboxylic acids is 1. The number of rotatable bonds is 4. The van der Waals surface area contributed by atoms with Crippen molar-refractivity contribution in [2.24, 2.45) is 0 Å². The molecule has 2 N–H and O–H groups in total. The molecule has 0 saturated carbocycles. The molecule has 0 aliphatic carbocycles. The van der Waals surface area contributed by atoms with Gasteiger partial charge in [-0.3, -0.25) is 4.79 Å². The number of nitrogens with zero attached hydrogens (tertiary/aromatic N) is 4. The zero-order chi connectivity index (χ0) is 13.1. The minimum Gasteiger partial charge on any atom is -0.339 e. The SMILES string of the molecule is CC(C)c1noc(C(C)NC(=O)c2cn[nH]n2)n1. The first-order chi connectivity index (χ1) is 8.58. The highest BCUT2D eigenvalue weighted by atomic mass is 16.5. The molecule has 2 heterocycles. The van der Waals surface area contributed by atoms with Crippen LogP contribution in [0.15, 0.2) is 10.7 Å². The molecule has 0 saturated heterocycles. The van der Waals surface area contributed by atoms with Crippen molar-refractivity contribution in [2.45, 2.75) is 32.7 Å². The molecule has 1 amide bonds. The van der Waals surface area contributed by atoms with Crippen LogP contribution < -0.4 is 5.32 Å². The molecule has 0 aliphatic rings. The van der Waals surface area contributed by atoms with Crippen LogP contribution in [0, 0.1) is 0 Å². The number of aromatic amines is 1. The maximum Gasteiger partial charge on any atom is 0.274 e. The standard InChI is InChI=1S/C10H14N6O2/c1-5(2)8-13-10(18-15-8)6(3)12-9(17)7-4-11-16-14-7/h4-6H,1-3H3,(H,12,17)(H,11,14,16). The second kappa shape index (κ2) is 4.94. The molecule has 8 heteroatoms. The lowest BCUT2D eigenvalue weighted by molar-refractivity contribution is 0.0927. The predicted octanol–water partition coefficient (Wildman–Crippen LogP) is 0.802. The molecule has 0 spiro atoms. The largest absolute Gasteiger partial charge is 0.339 e. The Labute approximate surface area is 103 Å². The molecule has 2 rings (SSSR count). The first-order valence-corrected chi connectivity index (χ1v) is 5.58. The number of nitrogens with one attached hydrogen (secondary N) is 2. The average molecular weight is 250 g/mol. The first kappa shape index (κ1) is 12.2. The number of H-pyrrole nitrogens is 1. The summed E-state index contributed by atoms with van der Waals surface area (Å²) >= 11 is 0. The van der Waals surface area contributed by atoms with Gasteiger partial charge in [-0.25, -0.2) is 0 Å². The van der Waals surface area contributed by atoms with E-state index in [0.717, 1.165) is 0 Å². The normalized spacial score (nSPS) is 12.7. The fourth-order valence-electron chi connectivity index (χ4n) is 1.30. The highest BCUT2D eigenvalue weighted by Crippen LogP contribution is 2.14. The molecule has 1 unspecified atom stereocenters. The van der Waals surface area contributed by atoms with Gasteiger partial charge in [0.25, 0.3) is 5.91 Å². The third kappa shape index (κ3) is 2.53. The summed E-state index contributed by atoms with van der Waals surface area (Å²) in [5.74, 6) is 0.824. The minimum atomic E-state index is -0.380. The van der Waals surface area contributed by atoms with E-state index in [1.807, 2.05) is 13.8 Å². The van der Waals surface area contributed by atoms with Crippen LogP contribution in [0.5, 0.6) is 0 Å². The van der Waals surface area contributed by atoms with Crippen molar-refractivity contribution in [3.8, 4) is 0 Å². The van der Waals surface area contributed by atoms with Crippen LogP contribution >= 0.6 is 0 Å². The quantitative estimate of drug-likeness (QED) is 0.830. The summed E-state index contributed by atoms with van der Waals surface area (Å²) in [5.41, 5.74) is 0.213. The van der Waals surface area contributed by atoms with Gasteiger partial charge in [0, 0.05) is 5.92 Å². The molecule has 2 aromatic rings. The van der Waals surface area contributed by atoms with Crippen molar-refractivity contribution in [3.05, 3.63) is 23.6 Å². The van der Waals surface area contributed by atoms with Gasteiger partial charge in [0.1, 0.15) is 6.04 Å². The Kier molecular flexibility index (Phi) is 3.35. The Morgan fingerprint density at radius 2 is 2.22 bits per heavy atom. The lowest BCUT2D eigenvalue weighted by atomic mass is 10.2. The van der Waals surface area contributed by atoms with E-state index in [-0.39, 0.29) is 23.6 Å². The maximum atomic E-state index is 11.7. The summed E-state index contributed by atoms with van der Waals surface area (Å²) in [6.45, 7) is 5.69. The summed E-state index contributed by atoms with van der Waals surface area (Å²) in [7, 11) is 0. The number of aromatic nitrogens is 5. The summed E-state index contributed by atoms with van der Waals surface area (Å²) < 4.78 is 5.09. The Morgan fingerprint density at radius 3 is 2.78 bits per heavy atom. The van der Waals surface area contributed by atoms with Crippen LogP contribution in [0.2, 0.25) is 0 Å². The molecule has 0 fully saturated rings. The smallest absolute Gasteiger partial charge is 0.274 e. The lowest BCUT2D eigenvalue weighted by Gasteiger charge is -2.07. The Bertz CT molecular complexity index is 518. The highest BCUT2D eigenvalue weighted by Gasteiger charge is 2.19. The molecule has 1 atom stereocenters. The van der Waals surface area contributed by atoms with Crippen LogP contribution in [0.4, 0.5) is 0 Å². The van der Waals surface area contributed by atoms with Crippen molar-refractivity contribution in [3.63, 3.8) is 0 Å². The first-order valence-electron chi connectivity index (χ1n) is 5.58. The van der Waals surface area contributed by atoms with Gasteiger partial charge in [-0.05, 0) is 6.92 Å². The van der Waals surface area contributed by atoms with E-state index < -0.39 is 0 Å². The van der Waals surface area contributed by atoms with Crippen molar-refractivity contribution in [1.82, 2.24) is 30.9 Å². The number of carbonyl (C=O) groups is 1. The zero-order valence-electron chi connectivity index (χ0n) is 10.3. The Morgan fingerprint density at radius 1 is 1.44 bits per heavy atom. The molecular weight excluding hydrogens is 236 g/mol. The molecule has 2 aromatic heterocycles. The van der Waals surface area contributed by atoms with Gasteiger partial charge >= 0.3 is 0 Å². The molecular formula is C10H14N6O2. The van der Waals surface area contributed by atoms with Crippen molar-refractivity contribution in [2.75, 3.05) is 0 Å². The van der Waals surface area contributed by atoms with E-state index in [4.69, 9.17) is 4.52 Å². The third-order valence-electron chi connectivity index (χ3n) is 2.34. The van der Waals surface area contributed by atoms with Crippen LogP contribution in [-0.2, 0) is 0 Å². The fraction of sp³-hybridized carbons (Fsp3) is 0.500. The predicted molar refractivity (Wildman–Crippen MR) is 60.7 cm³/mol. The molecule has 96 valence electrons. The fourth-order valence-corrected chi connectivity index (χ4v) is 1.30. The van der Waals surface area contributed by atoms with Crippen LogP contribution in [-0.4, -0.2) is 31.5 Å². The van der Waals surface area contributed by atoms with Crippen molar-refractivity contribution < 1.29 is 9.32 Å². The van der Waals surface area contributed by atoms with Crippen LogP contribution in [0.3, 0.4) is 0 Å². The minimum absolute atomic E-state index is 0.181. The molecule has 8 nitrogen and oxygen atoms in total. The Balaban J connectivity index is 2.03. The monoisotopic (exact) mass is 250 g/mol. The van der Waals surface area contributed by atoms with Crippen molar-refractivity contribution in [1.29, 1.82) is 0 Å². The van der Waals surface area contributed by atoms with Crippen molar-refractivity contribution >= 4 is 5.91 Å². The number of hydrogen-bond acceptors (Lipinski definition) is 6. The summed E-state index contributed by atoms with van der Waals surface area (Å²) in [6.07, 6.45) is 1.34. The van der Waals surface area contributed by atoms with Gasteiger partial charge in [0.05, 0.1) is 6.20 Å². The average Bonchev–Trinajstić information content (AvgIpc) is 3.00. The third-order valence-corrected chi connectivity index (χ3v) is 2.34. The summed E-state index contributed by atoms with van der Waals surface area (Å²) in [5, 5.41) is 16.1. The van der Waals surface area contributed by atoms with E-state index in [2.05, 4.69) is 30.9 Å². The Hall–Kier alpha value is -2.25. The van der Waals surface area contributed by atoms with Gasteiger partial charge in [-0.15, -0.1) is 0 Å². The molecule has 0 aromatic carbocycles. The molecule has 0 bridgehead atoms. The van der Waals surface area contributed by atoms with Gasteiger partial charge in [-0.2, -0.15) is 20.4 Å². The number of amides is 1. The van der Waals surface area contributed by atoms with E-state index in [9.17, 15) is 4.79 Å². The van der Waals surface area contributed by atoms with E-state index in [1.54, 1.807) is 6.92 Å². The lowest BCUT2D eigenvalue weighted by Crippen LogP contribution is -2.27. The highest BCUT2D eigenvalue weighted by molar-refractivity contribution is 5.91. The van der Waals surface area contributed by atoms with Gasteiger partial charge < -0.3 is 9.84 Å².